The number of hydrogen-bond donors (Lipinski definition) is 0. The number of aromatic nitrogens is 2. The lowest BCUT2D eigenvalue weighted by Gasteiger charge is -2.33. The number of carbonyl (C=O) groups is 1. The molecule has 0 saturated carbocycles. The van der Waals surface area contributed by atoms with Gasteiger partial charge in [0.05, 0.1) is 6.33 Å². The van der Waals surface area contributed by atoms with Crippen LogP contribution in [0, 0.1) is 5.92 Å². The number of likely N-dealkylation sites (tertiary alicyclic amines) is 1. The quantitative estimate of drug-likeness (QED) is 0.820. The van der Waals surface area contributed by atoms with Gasteiger partial charge in [-0.25, -0.2) is 4.98 Å². The molecule has 2 aliphatic rings. The van der Waals surface area contributed by atoms with Crippen LogP contribution in [0.1, 0.15) is 25.7 Å². The van der Waals surface area contributed by atoms with Crippen LogP contribution in [0.25, 0.3) is 0 Å². The van der Waals surface area contributed by atoms with E-state index in [1.165, 1.54) is 12.3 Å². The Morgan fingerprint density at radius 1 is 1.33 bits per heavy atom. The smallest absolute Gasteiger partial charge is 0.253 e. The molecule has 1 atom stereocenters. The number of ether oxygens (including phenoxy) is 1. The Morgan fingerprint density at radius 2 is 2.14 bits per heavy atom. The largest absolute Gasteiger partial charge is 0.368 e. The maximum absolute atomic E-state index is 12.3. The van der Waals surface area contributed by atoms with E-state index in [4.69, 9.17) is 4.74 Å². The number of nitrogens with zero attached hydrogens (tertiary/aromatic N) is 3. The van der Waals surface area contributed by atoms with Crippen molar-refractivity contribution in [3.05, 3.63) is 28.9 Å². The molecule has 0 radical (unpaired) electrons. The standard InChI is InChI=1S/C15H21N3O3/c19-14-3-6-16-11-18(14)10-12-4-7-17(8-5-12)15(20)13-2-1-9-21-13/h3,6,11-13H,1-2,4-5,7-10H2. The van der Waals surface area contributed by atoms with E-state index < -0.39 is 0 Å². The van der Waals surface area contributed by atoms with Crippen molar-refractivity contribution in [2.24, 2.45) is 5.92 Å². The van der Waals surface area contributed by atoms with E-state index in [9.17, 15) is 9.59 Å². The Kier molecular flexibility index (Phi) is 4.34. The van der Waals surface area contributed by atoms with Gasteiger partial charge in [0.1, 0.15) is 6.10 Å². The first-order chi connectivity index (χ1) is 10.2. The zero-order valence-electron chi connectivity index (χ0n) is 12.1. The molecule has 1 aromatic heterocycles. The molecule has 2 aliphatic heterocycles. The molecule has 0 aliphatic carbocycles. The van der Waals surface area contributed by atoms with Crippen molar-refractivity contribution in [2.75, 3.05) is 19.7 Å². The van der Waals surface area contributed by atoms with Gasteiger partial charge in [0, 0.05) is 38.5 Å². The minimum atomic E-state index is -0.220. The van der Waals surface area contributed by atoms with Gasteiger partial charge >= 0.3 is 0 Å². The number of rotatable bonds is 3. The zero-order chi connectivity index (χ0) is 14.7. The third-order valence-corrected chi connectivity index (χ3v) is 4.38. The van der Waals surface area contributed by atoms with Gasteiger partial charge in [-0.15, -0.1) is 0 Å². The highest BCUT2D eigenvalue weighted by atomic mass is 16.5. The van der Waals surface area contributed by atoms with Gasteiger partial charge in [-0.2, -0.15) is 0 Å². The second-order valence-corrected chi connectivity index (χ2v) is 5.84. The maximum atomic E-state index is 12.3. The van der Waals surface area contributed by atoms with Gasteiger partial charge in [0.2, 0.25) is 0 Å². The molecule has 3 heterocycles. The van der Waals surface area contributed by atoms with Crippen molar-refractivity contribution in [1.82, 2.24) is 14.5 Å². The summed E-state index contributed by atoms with van der Waals surface area (Å²) in [6.07, 6.45) is 6.58. The van der Waals surface area contributed by atoms with Crippen LogP contribution in [0.4, 0.5) is 0 Å². The highest BCUT2D eigenvalue weighted by molar-refractivity contribution is 5.81. The van der Waals surface area contributed by atoms with E-state index in [-0.39, 0.29) is 17.6 Å². The fourth-order valence-corrected chi connectivity index (χ4v) is 3.11. The molecule has 0 N–H and O–H groups in total. The Balaban J connectivity index is 1.52. The van der Waals surface area contributed by atoms with Crippen molar-refractivity contribution in [1.29, 1.82) is 0 Å². The Morgan fingerprint density at radius 3 is 2.81 bits per heavy atom. The molecule has 2 fully saturated rings. The summed E-state index contributed by atoms with van der Waals surface area (Å²) in [5.74, 6) is 0.574. The predicted molar refractivity (Wildman–Crippen MR) is 76.8 cm³/mol. The third kappa shape index (κ3) is 3.32. The molecule has 3 rings (SSSR count). The summed E-state index contributed by atoms with van der Waals surface area (Å²) < 4.78 is 7.12. The lowest BCUT2D eigenvalue weighted by Crippen LogP contribution is -2.44. The molecule has 6 heteroatoms. The average Bonchev–Trinajstić information content (AvgIpc) is 3.04. The highest BCUT2D eigenvalue weighted by Gasteiger charge is 2.30. The molecular weight excluding hydrogens is 270 g/mol. The minimum absolute atomic E-state index is 0.0112. The van der Waals surface area contributed by atoms with Crippen molar-refractivity contribution < 1.29 is 9.53 Å². The fourth-order valence-electron chi connectivity index (χ4n) is 3.11. The average molecular weight is 291 g/mol. The van der Waals surface area contributed by atoms with Gasteiger partial charge < -0.3 is 9.64 Å². The first-order valence-corrected chi connectivity index (χ1v) is 7.65. The van der Waals surface area contributed by atoms with E-state index in [0.29, 0.717) is 19.1 Å². The summed E-state index contributed by atoms with van der Waals surface area (Å²) in [4.78, 5) is 29.8. The monoisotopic (exact) mass is 291 g/mol. The molecule has 2 saturated heterocycles. The molecule has 1 amide bonds. The van der Waals surface area contributed by atoms with E-state index in [2.05, 4.69) is 4.98 Å². The lowest BCUT2D eigenvalue weighted by molar-refractivity contribution is -0.142. The second-order valence-electron chi connectivity index (χ2n) is 5.84. The maximum Gasteiger partial charge on any atom is 0.253 e. The minimum Gasteiger partial charge on any atom is -0.368 e. The molecular formula is C15H21N3O3. The molecule has 114 valence electrons. The summed E-state index contributed by atoms with van der Waals surface area (Å²) in [6, 6.07) is 1.48. The van der Waals surface area contributed by atoms with E-state index in [0.717, 1.165) is 38.8 Å². The Hall–Kier alpha value is -1.69. The van der Waals surface area contributed by atoms with E-state index in [1.54, 1.807) is 10.9 Å². The molecule has 6 nitrogen and oxygen atoms in total. The molecule has 1 unspecified atom stereocenters. The highest BCUT2D eigenvalue weighted by Crippen LogP contribution is 2.22. The lowest BCUT2D eigenvalue weighted by atomic mass is 9.96. The molecule has 1 aromatic rings. The zero-order valence-corrected chi connectivity index (χ0v) is 12.1. The van der Waals surface area contributed by atoms with Gasteiger partial charge in [-0.3, -0.25) is 14.2 Å². The number of hydrogen-bond acceptors (Lipinski definition) is 4. The molecule has 21 heavy (non-hydrogen) atoms. The normalized spacial score (nSPS) is 23.4. The van der Waals surface area contributed by atoms with Crippen molar-refractivity contribution in [3.8, 4) is 0 Å². The Bertz CT molecular complexity index is 543. The third-order valence-electron chi connectivity index (χ3n) is 4.38. The molecule has 0 spiro atoms. The van der Waals surface area contributed by atoms with Gasteiger partial charge in [-0.05, 0) is 31.6 Å². The fraction of sp³-hybridized carbons (Fsp3) is 0.667. The topological polar surface area (TPSA) is 64.4 Å². The van der Waals surface area contributed by atoms with Crippen LogP contribution in [0.3, 0.4) is 0 Å². The first kappa shape index (κ1) is 14.3. The van der Waals surface area contributed by atoms with Crippen molar-refractivity contribution >= 4 is 5.91 Å². The van der Waals surface area contributed by atoms with Gasteiger partial charge in [0.25, 0.3) is 11.5 Å². The van der Waals surface area contributed by atoms with E-state index in [1.807, 2.05) is 4.90 Å². The van der Waals surface area contributed by atoms with Crippen LogP contribution in [0.5, 0.6) is 0 Å². The predicted octanol–water partition coefficient (Wildman–Crippen LogP) is 0.661. The van der Waals surface area contributed by atoms with E-state index >= 15 is 0 Å². The number of carbonyl (C=O) groups excluding carboxylic acids is 1. The van der Waals surface area contributed by atoms with Gasteiger partial charge in [-0.1, -0.05) is 0 Å². The van der Waals surface area contributed by atoms with Crippen LogP contribution < -0.4 is 5.56 Å². The Labute approximate surface area is 123 Å². The molecule has 0 aromatic carbocycles. The summed E-state index contributed by atoms with van der Waals surface area (Å²) in [6.45, 7) is 2.92. The van der Waals surface area contributed by atoms with Crippen LogP contribution in [-0.4, -0.2) is 46.2 Å². The number of amides is 1. The second kappa shape index (κ2) is 6.39. The SMILES string of the molecule is O=C(C1CCCO1)N1CCC(Cn2cnccc2=O)CC1. The van der Waals surface area contributed by atoms with Gasteiger partial charge in [0.15, 0.2) is 0 Å². The number of piperidine rings is 1. The molecule has 0 bridgehead atoms. The summed E-state index contributed by atoms with van der Waals surface area (Å²) >= 11 is 0. The van der Waals surface area contributed by atoms with Crippen LogP contribution >= 0.6 is 0 Å². The van der Waals surface area contributed by atoms with Crippen LogP contribution in [-0.2, 0) is 16.1 Å². The van der Waals surface area contributed by atoms with Crippen molar-refractivity contribution in [3.63, 3.8) is 0 Å². The van der Waals surface area contributed by atoms with Crippen molar-refractivity contribution in [2.45, 2.75) is 38.3 Å². The first-order valence-electron chi connectivity index (χ1n) is 7.65. The summed E-state index contributed by atoms with van der Waals surface area (Å²) in [5.41, 5.74) is -0.0112. The summed E-state index contributed by atoms with van der Waals surface area (Å²) in [7, 11) is 0. The summed E-state index contributed by atoms with van der Waals surface area (Å²) in [5, 5.41) is 0. The van der Waals surface area contributed by atoms with Crippen LogP contribution in [0.15, 0.2) is 23.4 Å². The van der Waals surface area contributed by atoms with Crippen LogP contribution in [0.2, 0.25) is 0 Å².